The Morgan fingerprint density at radius 3 is 3.00 bits per heavy atom. The number of carbonyl (C=O) groups is 1. The highest BCUT2D eigenvalue weighted by atomic mass is 16.5. The Bertz CT molecular complexity index is 311. The van der Waals surface area contributed by atoms with E-state index in [1.54, 1.807) is 12.1 Å². The summed E-state index contributed by atoms with van der Waals surface area (Å²) in [7, 11) is 1.30. The Balaban J connectivity index is 2.63. The quantitative estimate of drug-likeness (QED) is 0.558. The van der Waals surface area contributed by atoms with E-state index in [1.165, 1.54) is 19.3 Å². The number of furan rings is 1. The lowest BCUT2D eigenvalue weighted by atomic mass is 10.4. The van der Waals surface area contributed by atoms with Gasteiger partial charge in [0.05, 0.1) is 7.11 Å². The van der Waals surface area contributed by atoms with Gasteiger partial charge in [0, 0.05) is 6.08 Å². The normalized spacial score (nSPS) is 10.6. The minimum Gasteiger partial charge on any atom is -0.466 e. The maximum atomic E-state index is 10.7. The molecule has 1 N–H and O–H groups in total. The summed E-state index contributed by atoms with van der Waals surface area (Å²) in [4.78, 5) is 10.7. The Labute approximate surface area is 75.4 Å². The van der Waals surface area contributed by atoms with Crippen molar-refractivity contribution < 1.29 is 19.1 Å². The van der Waals surface area contributed by atoms with Crippen LogP contribution in [-0.4, -0.2) is 18.2 Å². The number of aliphatic hydroxyl groups is 1. The zero-order valence-corrected chi connectivity index (χ0v) is 7.19. The summed E-state index contributed by atoms with van der Waals surface area (Å²) >= 11 is 0. The molecule has 4 nitrogen and oxygen atoms in total. The van der Waals surface area contributed by atoms with Crippen LogP contribution < -0.4 is 0 Å². The van der Waals surface area contributed by atoms with E-state index in [1.807, 2.05) is 0 Å². The fourth-order valence-electron chi connectivity index (χ4n) is 0.787. The Morgan fingerprint density at radius 1 is 1.69 bits per heavy atom. The fraction of sp³-hybridized carbons (Fsp3) is 0.222. The molecule has 4 heteroatoms. The minimum atomic E-state index is -0.443. The van der Waals surface area contributed by atoms with E-state index in [-0.39, 0.29) is 6.61 Å². The molecule has 13 heavy (non-hydrogen) atoms. The molecule has 0 unspecified atom stereocenters. The first-order chi connectivity index (χ1) is 6.26. The number of esters is 1. The Kier molecular flexibility index (Phi) is 3.28. The summed E-state index contributed by atoms with van der Waals surface area (Å²) in [5.41, 5.74) is 0. The van der Waals surface area contributed by atoms with Crippen molar-refractivity contribution in [3.63, 3.8) is 0 Å². The van der Waals surface area contributed by atoms with Crippen LogP contribution in [0.5, 0.6) is 0 Å². The summed E-state index contributed by atoms with van der Waals surface area (Å²) in [5, 5.41) is 8.67. The van der Waals surface area contributed by atoms with E-state index >= 15 is 0 Å². The molecule has 0 spiro atoms. The second-order valence-corrected chi connectivity index (χ2v) is 2.32. The van der Waals surface area contributed by atoms with Gasteiger partial charge >= 0.3 is 5.97 Å². The van der Waals surface area contributed by atoms with Crippen LogP contribution in [-0.2, 0) is 16.1 Å². The van der Waals surface area contributed by atoms with Crippen molar-refractivity contribution in [2.75, 3.05) is 7.11 Å². The number of aliphatic hydroxyl groups excluding tert-OH is 1. The summed E-state index contributed by atoms with van der Waals surface area (Å²) < 4.78 is 9.47. The highest BCUT2D eigenvalue weighted by Crippen LogP contribution is 2.09. The van der Waals surface area contributed by atoms with E-state index in [0.717, 1.165) is 0 Å². The molecule has 1 rings (SSSR count). The summed E-state index contributed by atoms with van der Waals surface area (Å²) in [5.74, 6) is 0.529. The predicted molar refractivity (Wildman–Crippen MR) is 45.7 cm³/mol. The van der Waals surface area contributed by atoms with Crippen molar-refractivity contribution in [2.24, 2.45) is 0 Å². The van der Waals surface area contributed by atoms with Gasteiger partial charge in [0.25, 0.3) is 0 Å². The number of carbonyl (C=O) groups excluding carboxylic acids is 1. The van der Waals surface area contributed by atoms with Crippen molar-refractivity contribution in [3.8, 4) is 0 Å². The summed E-state index contributed by atoms with van der Waals surface area (Å²) in [6, 6.07) is 3.29. The molecule has 1 heterocycles. The molecule has 0 aliphatic carbocycles. The van der Waals surface area contributed by atoms with Gasteiger partial charge in [-0.25, -0.2) is 4.79 Å². The van der Waals surface area contributed by atoms with E-state index in [9.17, 15) is 4.79 Å². The molecule has 1 aromatic heterocycles. The number of hydrogen-bond donors (Lipinski definition) is 1. The van der Waals surface area contributed by atoms with Crippen molar-refractivity contribution in [2.45, 2.75) is 6.61 Å². The van der Waals surface area contributed by atoms with Crippen LogP contribution in [0, 0.1) is 0 Å². The molecule has 70 valence electrons. The van der Waals surface area contributed by atoms with Crippen molar-refractivity contribution in [3.05, 3.63) is 29.7 Å². The van der Waals surface area contributed by atoms with Gasteiger partial charge in [0.15, 0.2) is 0 Å². The van der Waals surface area contributed by atoms with Crippen LogP contribution in [0.15, 0.2) is 22.6 Å². The molecule has 0 aromatic carbocycles. The maximum absolute atomic E-state index is 10.7. The van der Waals surface area contributed by atoms with Crippen LogP contribution in [0.1, 0.15) is 11.5 Å². The molecule has 0 bridgehead atoms. The lowest BCUT2D eigenvalue weighted by Gasteiger charge is -1.88. The van der Waals surface area contributed by atoms with Crippen molar-refractivity contribution >= 4 is 12.0 Å². The first kappa shape index (κ1) is 9.54. The topological polar surface area (TPSA) is 59.7 Å². The lowest BCUT2D eigenvalue weighted by Crippen LogP contribution is -1.92. The Hall–Kier alpha value is -1.55. The highest BCUT2D eigenvalue weighted by molar-refractivity contribution is 5.86. The van der Waals surface area contributed by atoms with Crippen molar-refractivity contribution in [1.29, 1.82) is 0 Å². The van der Waals surface area contributed by atoms with Gasteiger partial charge in [-0.05, 0) is 18.2 Å². The van der Waals surface area contributed by atoms with Gasteiger partial charge in [-0.15, -0.1) is 0 Å². The first-order valence-corrected chi connectivity index (χ1v) is 3.72. The maximum Gasteiger partial charge on any atom is 0.330 e. The zero-order valence-electron chi connectivity index (χ0n) is 7.19. The van der Waals surface area contributed by atoms with Crippen LogP contribution >= 0.6 is 0 Å². The number of rotatable bonds is 3. The number of hydrogen-bond acceptors (Lipinski definition) is 4. The zero-order chi connectivity index (χ0) is 9.68. The first-order valence-electron chi connectivity index (χ1n) is 3.72. The third kappa shape index (κ3) is 2.76. The van der Waals surface area contributed by atoms with E-state index in [0.29, 0.717) is 11.5 Å². The molecular weight excluding hydrogens is 172 g/mol. The summed E-state index contributed by atoms with van der Waals surface area (Å²) in [6.07, 6.45) is 2.73. The number of methoxy groups -OCH3 is 1. The molecule has 1 aromatic rings. The fourth-order valence-corrected chi connectivity index (χ4v) is 0.787. The van der Waals surface area contributed by atoms with Crippen LogP contribution in [0.4, 0.5) is 0 Å². The van der Waals surface area contributed by atoms with Crippen molar-refractivity contribution in [1.82, 2.24) is 0 Å². The smallest absolute Gasteiger partial charge is 0.330 e. The highest BCUT2D eigenvalue weighted by Gasteiger charge is 1.97. The van der Waals surface area contributed by atoms with Crippen LogP contribution in [0.3, 0.4) is 0 Å². The third-order valence-corrected chi connectivity index (χ3v) is 1.42. The van der Waals surface area contributed by atoms with E-state index in [4.69, 9.17) is 9.52 Å². The van der Waals surface area contributed by atoms with Gasteiger partial charge in [0.1, 0.15) is 18.1 Å². The lowest BCUT2D eigenvalue weighted by molar-refractivity contribution is -0.134. The molecule has 0 radical (unpaired) electrons. The van der Waals surface area contributed by atoms with Gasteiger partial charge in [0.2, 0.25) is 0 Å². The molecule has 0 saturated carbocycles. The average molecular weight is 182 g/mol. The van der Waals surface area contributed by atoms with Gasteiger partial charge in [-0.2, -0.15) is 0 Å². The largest absolute Gasteiger partial charge is 0.466 e. The van der Waals surface area contributed by atoms with Crippen LogP contribution in [0.2, 0.25) is 0 Å². The molecule has 0 aliphatic rings. The van der Waals surface area contributed by atoms with Gasteiger partial charge in [-0.3, -0.25) is 0 Å². The SMILES string of the molecule is COC(=O)/C=C\c1ccc(CO)o1. The molecule has 0 aliphatic heterocycles. The average Bonchev–Trinajstić information content (AvgIpc) is 2.61. The van der Waals surface area contributed by atoms with Gasteiger partial charge < -0.3 is 14.3 Å². The molecule has 0 saturated heterocycles. The number of ether oxygens (including phenoxy) is 1. The molecule has 0 atom stereocenters. The second-order valence-electron chi connectivity index (χ2n) is 2.32. The standard InChI is InChI=1S/C9H10O4/c1-12-9(11)5-4-7-2-3-8(6-10)13-7/h2-5,10H,6H2,1H3/b5-4-. The predicted octanol–water partition coefficient (Wildman–Crippen LogP) is 0.958. The van der Waals surface area contributed by atoms with Gasteiger partial charge in [-0.1, -0.05) is 0 Å². The Morgan fingerprint density at radius 2 is 2.46 bits per heavy atom. The molecule has 0 amide bonds. The monoisotopic (exact) mass is 182 g/mol. The van der Waals surface area contributed by atoms with E-state index in [2.05, 4.69) is 4.74 Å². The third-order valence-electron chi connectivity index (χ3n) is 1.42. The minimum absolute atomic E-state index is 0.147. The van der Waals surface area contributed by atoms with Crippen LogP contribution in [0.25, 0.3) is 6.08 Å². The molecular formula is C9H10O4. The molecule has 0 fully saturated rings. The summed E-state index contributed by atoms with van der Waals surface area (Å²) in [6.45, 7) is -0.147. The van der Waals surface area contributed by atoms with E-state index < -0.39 is 5.97 Å². The second kappa shape index (κ2) is 4.47.